The van der Waals surface area contributed by atoms with E-state index in [9.17, 15) is 0 Å². The van der Waals surface area contributed by atoms with Crippen LogP contribution in [-0.4, -0.2) is 59.1 Å². The fraction of sp³-hybridized carbons (Fsp3) is 1.00. The summed E-state index contributed by atoms with van der Waals surface area (Å²) in [7, 11) is 0.300. The average Bonchev–Trinajstić information content (AvgIpc) is 2.44. The van der Waals surface area contributed by atoms with Crippen molar-refractivity contribution in [3.63, 3.8) is 0 Å². The van der Waals surface area contributed by atoms with Gasteiger partial charge < -0.3 is 0 Å². The monoisotopic (exact) mass is 436 g/mol. The van der Waals surface area contributed by atoms with Crippen LogP contribution in [0.15, 0.2) is 0 Å². The van der Waals surface area contributed by atoms with Crippen LogP contribution in [0.5, 0.6) is 0 Å². The molecule has 0 aliphatic heterocycles. The van der Waals surface area contributed by atoms with Gasteiger partial charge in [-0.25, -0.2) is 0 Å². The molecule has 0 nitrogen and oxygen atoms in total. The Morgan fingerprint density at radius 1 is 0.450 bits per heavy atom. The van der Waals surface area contributed by atoms with Crippen molar-refractivity contribution in [3.8, 4) is 0 Å². The zero-order chi connectivity index (χ0) is 16.6. The largest absolute Gasteiger partial charge is 0.114 e. The molecule has 0 aliphatic rings. The van der Waals surface area contributed by atoms with Gasteiger partial charge in [-0.05, 0) is 0 Å². The second kappa shape index (κ2) is 21.1. The van der Waals surface area contributed by atoms with E-state index in [4.69, 9.17) is 0 Å². The summed E-state index contributed by atoms with van der Waals surface area (Å²) in [6, 6.07) is 0. The first-order valence-electron chi connectivity index (χ1n) is 8.94. The van der Waals surface area contributed by atoms with E-state index < -0.39 is 32.4 Å². The quantitative estimate of drug-likeness (QED) is 0.299. The van der Waals surface area contributed by atoms with Crippen molar-refractivity contribution in [2.45, 2.75) is 71.4 Å². The Hall–Kier alpha value is 2.13. The Kier molecular flexibility index (Phi) is 28.5. The molecule has 122 valence electrons. The first-order chi connectivity index (χ1) is 9.33. The van der Waals surface area contributed by atoms with Gasteiger partial charge in [0.2, 0.25) is 0 Å². The molecule has 0 fully saturated rings. The molecule has 0 aromatic heterocycles. The fourth-order valence-electron chi connectivity index (χ4n) is 1.73. The molecule has 0 aromatic carbocycles. The number of rotatable bonds is 7. The van der Waals surface area contributed by atoms with Crippen LogP contribution in [0.1, 0.15) is 41.5 Å². The molecule has 0 unspecified atom stereocenters. The number of hydrogen-bond acceptors (Lipinski definition) is 0. The molecule has 0 rings (SSSR count). The summed E-state index contributed by atoms with van der Waals surface area (Å²) in [4.78, 5) is 9.25. The van der Waals surface area contributed by atoms with Crippen molar-refractivity contribution < 1.29 is 0 Å². The summed E-state index contributed by atoms with van der Waals surface area (Å²) >= 11 is -1.15. The summed E-state index contributed by atoms with van der Waals surface area (Å²) in [5, 5.41) is 0. The van der Waals surface area contributed by atoms with Crippen LogP contribution >= 0.6 is 15.2 Å². The Morgan fingerprint density at radius 3 is 0.600 bits per heavy atom. The maximum atomic E-state index is 2.39. The van der Waals surface area contributed by atoms with Crippen molar-refractivity contribution in [1.82, 2.24) is 0 Å². The Labute approximate surface area is 145 Å². The maximum absolute atomic E-state index is 2.39. The van der Waals surface area contributed by atoms with Gasteiger partial charge in [0.1, 0.15) is 15.2 Å². The van der Waals surface area contributed by atoms with Gasteiger partial charge in [0, 0.05) is 0 Å². The second-order valence-electron chi connectivity index (χ2n) is 6.18. The van der Waals surface area contributed by atoms with E-state index >= 15 is 0 Å². The van der Waals surface area contributed by atoms with Crippen LogP contribution in [-0.2, 0) is 0 Å². The predicted octanol–water partition coefficient (Wildman–Crippen LogP) is 6.93. The van der Waals surface area contributed by atoms with Crippen LogP contribution in [0.4, 0.5) is 0 Å². The van der Waals surface area contributed by atoms with Gasteiger partial charge in [-0.1, -0.05) is 0 Å². The van der Waals surface area contributed by atoms with E-state index in [0.717, 1.165) is 0 Å². The summed E-state index contributed by atoms with van der Waals surface area (Å²) in [6.07, 6.45) is 0. The molecule has 0 amide bonds. The molecule has 0 aliphatic carbocycles. The smallest absolute Gasteiger partial charge is 0.0775 e. The van der Waals surface area contributed by atoms with E-state index in [1.165, 1.54) is 0 Å². The molecule has 0 saturated heterocycles. The van der Waals surface area contributed by atoms with Crippen molar-refractivity contribution in [3.05, 3.63) is 0 Å². The van der Waals surface area contributed by atoms with Gasteiger partial charge in [0.25, 0.3) is 0 Å². The van der Waals surface area contributed by atoms with Crippen molar-refractivity contribution in [2.75, 3.05) is 26.7 Å². The molecule has 0 heterocycles. The van der Waals surface area contributed by atoms with Gasteiger partial charge in [-0.15, -0.1) is 0 Å². The molecule has 0 N–H and O–H groups in total. The summed E-state index contributed by atoms with van der Waals surface area (Å²) in [5.41, 5.74) is 0. The van der Waals surface area contributed by atoms with Crippen LogP contribution < -0.4 is 0 Å². The van der Waals surface area contributed by atoms with Crippen molar-refractivity contribution in [1.29, 1.82) is 0 Å². The molecule has 20 heavy (non-hydrogen) atoms. The maximum Gasteiger partial charge on any atom is 0.114 e. The average molecular weight is 438 g/mol. The van der Waals surface area contributed by atoms with E-state index in [1.807, 2.05) is 0 Å². The minimum atomic E-state index is -0.576. The zero-order valence-electron chi connectivity index (χ0n) is 16.4. The molecule has 0 atom stereocenters. The normalized spacial score (nSPS) is 9.60. The predicted molar refractivity (Wildman–Crippen MR) is 115 cm³/mol. The van der Waals surface area contributed by atoms with E-state index in [-0.39, 0.29) is 15.2 Å². The third-order valence-corrected chi connectivity index (χ3v) is 27.0. The minimum Gasteiger partial charge on any atom is 0.0775 e. The third-order valence-electron chi connectivity index (χ3n) is 4.46. The Bertz CT molecular complexity index is 128. The van der Waals surface area contributed by atoms with Gasteiger partial charge in [-0.3, -0.25) is 0 Å². The van der Waals surface area contributed by atoms with Crippen LogP contribution in [0, 0.1) is 0 Å². The van der Waals surface area contributed by atoms with Crippen molar-refractivity contribution >= 4 is 47.7 Å². The SMILES string of the molecule is C[CH2][Ga]([CH2]C)[CH2]C.C[CH2][Ga]([CH2]C)[CH2]C.C[PH+](C)[PH+](C)C. The fourth-order valence-corrected chi connectivity index (χ4v) is 9.00. The third kappa shape index (κ3) is 22.4. The van der Waals surface area contributed by atoms with Gasteiger partial charge >= 0.3 is 104 Å². The van der Waals surface area contributed by atoms with Crippen LogP contribution in [0.3, 0.4) is 0 Å². The number of hydrogen-bond donors (Lipinski definition) is 0. The van der Waals surface area contributed by atoms with E-state index in [1.54, 1.807) is 29.9 Å². The molecular weight excluding hydrogens is 394 g/mol. The first-order valence-corrected chi connectivity index (χ1v) is 25.2. The molecule has 0 radical (unpaired) electrons. The van der Waals surface area contributed by atoms with Gasteiger partial charge in [0.05, 0.1) is 26.7 Å². The minimum absolute atomic E-state index is 0.150. The summed E-state index contributed by atoms with van der Waals surface area (Å²) in [6.45, 7) is 23.6. The van der Waals surface area contributed by atoms with E-state index in [2.05, 4.69) is 68.2 Å². The molecule has 0 saturated carbocycles. The Morgan fingerprint density at radius 2 is 0.600 bits per heavy atom. The topological polar surface area (TPSA) is 0 Å². The Balaban J connectivity index is -0.000000218. The molecular formula is C16H44Ga2P2+2. The van der Waals surface area contributed by atoms with Gasteiger partial charge in [0.15, 0.2) is 0 Å². The summed E-state index contributed by atoms with van der Waals surface area (Å²) < 4.78 is 0. The summed E-state index contributed by atoms with van der Waals surface area (Å²) in [5.74, 6) is 0. The first kappa shape index (κ1) is 27.0. The molecule has 0 aromatic rings. The zero-order valence-corrected chi connectivity index (χ0v) is 23.2. The van der Waals surface area contributed by atoms with Gasteiger partial charge in [-0.2, -0.15) is 0 Å². The van der Waals surface area contributed by atoms with Crippen LogP contribution in [0.2, 0.25) is 29.9 Å². The van der Waals surface area contributed by atoms with E-state index in [0.29, 0.717) is 0 Å². The second-order valence-corrected chi connectivity index (χ2v) is 33.7. The standard InChI is InChI=1S/C4H14P2.6C2H5.2Ga/c1-5(2)6(3)4;6*1-2;;/h5-6H,1-4H3;6*1H2,2H3;;/q+2;;;;;;;;. The molecule has 4 heteroatoms. The molecule has 0 bridgehead atoms. The van der Waals surface area contributed by atoms with Crippen LogP contribution in [0.25, 0.3) is 0 Å². The molecule has 0 spiro atoms. The van der Waals surface area contributed by atoms with Crippen molar-refractivity contribution in [2.24, 2.45) is 0 Å².